The second kappa shape index (κ2) is 21.1. The second-order valence-electron chi connectivity index (χ2n) is 14.7. The van der Waals surface area contributed by atoms with Crippen LogP contribution in [0.1, 0.15) is 55.8 Å². The van der Waals surface area contributed by atoms with Crippen molar-refractivity contribution in [3.63, 3.8) is 0 Å². The molecule has 2 aliphatic rings. The molecule has 4 aromatic carbocycles. The van der Waals surface area contributed by atoms with Crippen molar-refractivity contribution in [2.75, 3.05) is 42.6 Å². The first-order valence-electron chi connectivity index (χ1n) is 20.0. The van der Waals surface area contributed by atoms with Crippen molar-refractivity contribution in [2.45, 2.75) is 37.9 Å². The molecule has 10 nitrogen and oxygen atoms in total. The number of nitrogens with zero attached hydrogens (tertiary/aromatic N) is 4. The van der Waals surface area contributed by atoms with Crippen LogP contribution in [0.5, 0.6) is 11.8 Å². The number of aldehydes is 1. The van der Waals surface area contributed by atoms with Gasteiger partial charge >= 0.3 is 0 Å². The molecular formula is C48H42Cl4N4O6. The predicted octanol–water partition coefficient (Wildman–Crippen LogP) is 9.83. The number of pyridine rings is 2. The molecule has 2 fully saturated rings. The molecule has 8 rings (SSSR count). The summed E-state index contributed by atoms with van der Waals surface area (Å²) in [6.45, 7) is 2.89. The first-order chi connectivity index (χ1) is 30.1. The van der Waals surface area contributed by atoms with Crippen LogP contribution in [0.25, 0.3) is 0 Å². The fourth-order valence-electron chi connectivity index (χ4n) is 7.50. The number of carbonyl (C=O) groups excluding carboxylic acids is 3. The quantitative estimate of drug-likeness (QED) is 0.0835. The minimum atomic E-state index is -0.109. The van der Waals surface area contributed by atoms with E-state index in [1.807, 2.05) is 24.3 Å². The van der Waals surface area contributed by atoms with Crippen molar-refractivity contribution < 1.29 is 29.0 Å². The molecule has 0 radical (unpaired) electrons. The van der Waals surface area contributed by atoms with Gasteiger partial charge in [-0.15, -0.1) is 0 Å². The number of aromatic nitrogens is 2. The fourth-order valence-corrected chi connectivity index (χ4v) is 8.08. The third kappa shape index (κ3) is 11.1. The number of hydrogen-bond donors (Lipinski definition) is 1. The minimum Gasteiger partial charge on any atom is -0.471 e. The number of halogens is 4. The van der Waals surface area contributed by atoms with Crippen LogP contribution in [0.2, 0.25) is 20.1 Å². The van der Waals surface area contributed by atoms with E-state index in [2.05, 4.69) is 19.8 Å². The lowest BCUT2D eigenvalue weighted by Gasteiger charge is -2.23. The summed E-state index contributed by atoms with van der Waals surface area (Å²) in [5.41, 5.74) is 5.92. The smallest absolute Gasteiger partial charge is 0.232 e. The van der Waals surface area contributed by atoms with Gasteiger partial charge in [0, 0.05) is 95.0 Å². The Morgan fingerprint density at radius 3 is 1.50 bits per heavy atom. The number of rotatable bonds is 14. The molecule has 318 valence electrons. The molecule has 0 amide bonds. The maximum atomic E-state index is 12.9. The molecule has 0 saturated carbocycles. The number of benzene rings is 4. The summed E-state index contributed by atoms with van der Waals surface area (Å²) in [5, 5.41) is 11.7. The van der Waals surface area contributed by atoms with Crippen molar-refractivity contribution in [2.24, 2.45) is 0 Å². The van der Waals surface area contributed by atoms with Gasteiger partial charge in [-0.05, 0) is 127 Å². The summed E-state index contributed by atoms with van der Waals surface area (Å²) in [4.78, 5) is 49.8. The van der Waals surface area contributed by atoms with Crippen LogP contribution in [-0.2, 0) is 17.6 Å². The Bertz CT molecular complexity index is 2520. The van der Waals surface area contributed by atoms with Gasteiger partial charge in [-0.3, -0.25) is 9.59 Å². The van der Waals surface area contributed by atoms with Gasteiger partial charge in [0.25, 0.3) is 0 Å². The predicted molar refractivity (Wildman–Crippen MR) is 244 cm³/mol. The lowest BCUT2D eigenvalue weighted by Crippen LogP contribution is -2.26. The van der Waals surface area contributed by atoms with Crippen molar-refractivity contribution in [3.8, 4) is 11.8 Å². The van der Waals surface area contributed by atoms with Gasteiger partial charge in [-0.25, -0.2) is 9.97 Å². The third-order valence-electron chi connectivity index (χ3n) is 10.6. The highest BCUT2D eigenvalue weighted by Gasteiger charge is 2.29. The topological polar surface area (TPSA) is 122 Å². The first kappa shape index (κ1) is 44.6. The Hall–Kier alpha value is -5.49. The van der Waals surface area contributed by atoms with E-state index in [4.69, 9.17) is 55.9 Å². The van der Waals surface area contributed by atoms with Crippen LogP contribution < -0.4 is 19.3 Å². The Morgan fingerprint density at radius 1 is 0.629 bits per heavy atom. The molecule has 2 atom stereocenters. The van der Waals surface area contributed by atoms with Crippen LogP contribution in [0.15, 0.2) is 122 Å². The fraction of sp³-hybridized carbons (Fsp3) is 0.229. The van der Waals surface area contributed by atoms with Crippen molar-refractivity contribution in [1.82, 2.24) is 9.97 Å². The zero-order chi connectivity index (χ0) is 43.6. The summed E-state index contributed by atoms with van der Waals surface area (Å²) < 4.78 is 12.0. The number of aliphatic hydroxyl groups is 1. The van der Waals surface area contributed by atoms with Gasteiger partial charge in [0.2, 0.25) is 11.8 Å². The maximum Gasteiger partial charge on any atom is 0.232 e. The molecule has 6 aromatic rings. The van der Waals surface area contributed by atoms with E-state index in [1.165, 1.54) is 0 Å². The van der Waals surface area contributed by atoms with Gasteiger partial charge < -0.3 is 29.2 Å². The second-order valence-corrected chi connectivity index (χ2v) is 16.4. The van der Waals surface area contributed by atoms with E-state index in [0.717, 1.165) is 54.7 Å². The summed E-state index contributed by atoms with van der Waals surface area (Å²) in [5.74, 6) is 0.682. The van der Waals surface area contributed by atoms with E-state index in [0.29, 0.717) is 73.6 Å². The standard InChI is InChI=1S/C24H22Cl2N2O3.C24H20Cl2N2O3/c2*25-19-6-3-16(4-7-19)23(30)18-5-8-22(17(14-18)10-13-29)28-12-9-20(15-28)31-24-21(26)2-1-11-27-24/h1-8,11,14,20,29H,9-10,12-13,15H2;1-8,11,13-14,20H,9-10,12,15H2/t2*20-/m00/s1. The van der Waals surface area contributed by atoms with Gasteiger partial charge in [0.05, 0.1) is 13.1 Å². The molecule has 1 N–H and O–H groups in total. The molecule has 14 heteroatoms. The van der Waals surface area contributed by atoms with E-state index in [1.54, 1.807) is 97.3 Å². The Balaban J connectivity index is 0.000000186. The molecule has 0 unspecified atom stereocenters. The molecule has 62 heavy (non-hydrogen) atoms. The zero-order valence-electron chi connectivity index (χ0n) is 33.4. The largest absolute Gasteiger partial charge is 0.471 e. The molecule has 0 aliphatic carbocycles. The Kier molecular flexibility index (Phi) is 15.1. The number of carbonyl (C=O) groups is 3. The third-order valence-corrected chi connectivity index (χ3v) is 11.6. The Morgan fingerprint density at radius 2 is 1.06 bits per heavy atom. The minimum absolute atomic E-state index is 0.00288. The van der Waals surface area contributed by atoms with Crippen molar-refractivity contribution >= 4 is 75.6 Å². The van der Waals surface area contributed by atoms with E-state index < -0.39 is 0 Å². The number of aliphatic hydroxyl groups excluding tert-OH is 1. The number of anilines is 2. The highest BCUT2D eigenvalue weighted by Crippen LogP contribution is 2.32. The van der Waals surface area contributed by atoms with E-state index in [9.17, 15) is 19.5 Å². The normalized spacial score (nSPS) is 15.8. The van der Waals surface area contributed by atoms with Crippen LogP contribution in [-0.4, -0.2) is 77.9 Å². The average molecular weight is 913 g/mol. The molecule has 2 aromatic heterocycles. The van der Waals surface area contributed by atoms with E-state index >= 15 is 0 Å². The monoisotopic (exact) mass is 910 g/mol. The van der Waals surface area contributed by atoms with Crippen molar-refractivity contribution in [1.29, 1.82) is 0 Å². The average Bonchev–Trinajstić information content (AvgIpc) is 3.96. The SMILES string of the molecule is O=C(c1ccc(Cl)cc1)c1ccc(N2CC[C@H](Oc3ncccc3Cl)C2)c(CCO)c1.O=CCc1cc(C(=O)c2ccc(Cl)cc2)ccc1N1CC[C@H](Oc2ncccc2Cl)C1. The van der Waals surface area contributed by atoms with Crippen LogP contribution in [0, 0.1) is 0 Å². The number of ketones is 2. The summed E-state index contributed by atoms with van der Waals surface area (Å²) in [7, 11) is 0. The highest BCUT2D eigenvalue weighted by molar-refractivity contribution is 6.32. The lowest BCUT2D eigenvalue weighted by atomic mass is 9.98. The molecule has 2 saturated heterocycles. The summed E-state index contributed by atoms with van der Waals surface area (Å²) in [6.07, 6.45) is 6.38. The first-order valence-corrected chi connectivity index (χ1v) is 21.6. The summed E-state index contributed by atoms with van der Waals surface area (Å²) in [6, 6.07) is 31.8. The zero-order valence-corrected chi connectivity index (χ0v) is 36.5. The maximum absolute atomic E-state index is 12.9. The highest BCUT2D eigenvalue weighted by atomic mass is 35.5. The number of hydrogen-bond acceptors (Lipinski definition) is 10. The van der Waals surface area contributed by atoms with E-state index in [-0.39, 0.29) is 36.8 Å². The van der Waals surface area contributed by atoms with Crippen LogP contribution in [0.4, 0.5) is 11.4 Å². The molecule has 4 heterocycles. The molecule has 2 aliphatic heterocycles. The number of ether oxygens (including phenoxy) is 2. The van der Waals surface area contributed by atoms with Crippen LogP contribution in [0.3, 0.4) is 0 Å². The van der Waals surface area contributed by atoms with Crippen molar-refractivity contribution in [3.05, 3.63) is 175 Å². The van der Waals surface area contributed by atoms with Crippen LogP contribution >= 0.6 is 46.4 Å². The molecule has 0 spiro atoms. The van der Waals surface area contributed by atoms with Gasteiger partial charge in [0.1, 0.15) is 28.5 Å². The Labute approximate surface area is 379 Å². The van der Waals surface area contributed by atoms with Gasteiger partial charge in [0.15, 0.2) is 11.6 Å². The molecule has 0 bridgehead atoms. The lowest BCUT2D eigenvalue weighted by molar-refractivity contribution is -0.107. The van der Waals surface area contributed by atoms with Gasteiger partial charge in [-0.1, -0.05) is 46.4 Å². The molecular weight excluding hydrogens is 870 g/mol. The van der Waals surface area contributed by atoms with Gasteiger partial charge in [-0.2, -0.15) is 0 Å². The summed E-state index contributed by atoms with van der Waals surface area (Å²) >= 11 is 24.2.